The summed E-state index contributed by atoms with van der Waals surface area (Å²) in [6.07, 6.45) is -8.34. The zero-order valence-electron chi connectivity index (χ0n) is 19.2. The van der Waals surface area contributed by atoms with Gasteiger partial charge in [0.15, 0.2) is 17.3 Å². The van der Waals surface area contributed by atoms with E-state index < -0.39 is 28.0 Å². The summed E-state index contributed by atoms with van der Waals surface area (Å²) in [6.45, 7) is 13.6. The van der Waals surface area contributed by atoms with Crippen molar-refractivity contribution in [3.8, 4) is 0 Å². The van der Waals surface area contributed by atoms with Crippen LogP contribution in [0.1, 0.15) is 59.1 Å². The Kier molecular flexibility index (Phi) is 9.52. The fourth-order valence-electron chi connectivity index (χ4n) is 2.47. The lowest BCUT2D eigenvalue weighted by Crippen LogP contribution is -3.61. The molecule has 0 aliphatic carbocycles. The number of hydrogen-bond acceptors (Lipinski definition) is 3. The van der Waals surface area contributed by atoms with Gasteiger partial charge in [-0.15, -0.1) is 0 Å². The summed E-state index contributed by atoms with van der Waals surface area (Å²) in [5.41, 5.74) is 3.31. The highest BCUT2D eigenvalue weighted by Gasteiger charge is 2.48. The van der Waals surface area contributed by atoms with Gasteiger partial charge in [-0.1, -0.05) is 65.8 Å². The van der Waals surface area contributed by atoms with E-state index in [-0.39, 0.29) is 32.0 Å². The predicted octanol–water partition coefficient (Wildman–Crippen LogP) is 3.49. The zero-order chi connectivity index (χ0) is 25.9. The van der Waals surface area contributed by atoms with Crippen LogP contribution >= 0.6 is 0 Å². The highest BCUT2D eigenvalue weighted by Crippen LogP contribution is 2.34. The van der Waals surface area contributed by atoms with Gasteiger partial charge in [0.05, 0.1) is 0 Å². The van der Waals surface area contributed by atoms with E-state index in [4.69, 9.17) is 0 Å². The van der Waals surface area contributed by atoms with Crippen LogP contribution in [-0.4, -0.2) is 24.4 Å². The molecular weight excluding hydrogens is 578 g/mol. The molecule has 0 aliphatic heterocycles. The molecule has 2 rings (SSSR count). The Bertz CT molecular complexity index is 947. The smallest absolute Gasteiger partial charge is 0.395 e. The average Bonchev–Trinajstić information content (AvgIpc) is 2.59. The fourth-order valence-corrected chi connectivity index (χ4v) is 4.97. The van der Waals surface area contributed by atoms with Gasteiger partial charge in [-0.05, 0) is 46.2 Å². The van der Waals surface area contributed by atoms with Gasteiger partial charge in [0.2, 0.25) is 0 Å². The topological polar surface area (TPSA) is 57.2 Å². The average molecular weight is 606 g/mol. The van der Waals surface area contributed by atoms with E-state index in [2.05, 4.69) is 90.1 Å². The number of benzene rings is 2. The van der Waals surface area contributed by atoms with Gasteiger partial charge in [-0.3, -0.25) is 0 Å². The second-order valence-electron chi connectivity index (χ2n) is 9.49. The fraction of sp³-hybridized carbons (Fsp3) is 0.478. The Labute approximate surface area is 202 Å². The van der Waals surface area contributed by atoms with Gasteiger partial charge in [0, 0.05) is 0 Å². The van der Waals surface area contributed by atoms with Crippen LogP contribution in [0.15, 0.2) is 48.5 Å². The summed E-state index contributed by atoms with van der Waals surface area (Å²) in [4.78, 5) is 0. The molecule has 0 bridgehead atoms. The molecule has 2 aromatic carbocycles. The lowest BCUT2D eigenvalue weighted by molar-refractivity contribution is -0.597. The molecule has 0 aromatic heterocycles. The molecule has 0 aliphatic rings. The minimum absolute atomic E-state index is 0.0703. The Morgan fingerprint density at radius 1 is 0.697 bits per heavy atom. The number of alkyl halides is 5. The van der Waals surface area contributed by atoms with Crippen molar-refractivity contribution in [3.63, 3.8) is 0 Å². The summed E-state index contributed by atoms with van der Waals surface area (Å²) in [5.74, 6) is 0. The molecule has 0 N–H and O–H groups in total. The number of halogens is 6. The molecule has 0 fully saturated rings. The molecule has 0 spiro atoms. The van der Waals surface area contributed by atoms with Crippen LogP contribution in [0.5, 0.6) is 0 Å². The van der Waals surface area contributed by atoms with Crippen LogP contribution in [0.25, 0.3) is 0 Å². The molecule has 0 saturated carbocycles. The Morgan fingerprint density at radius 3 is 1.18 bits per heavy atom. The SMILES string of the molecule is CC(C)(C)c1ccc([I+]c2ccc(C(C)(C)C)cc2)cc1.O=S(=O)([O-])C(F)(F)CC(F)(F)F. The standard InChI is InChI=1S/C20H26I.C3H3F5O3S/c1-19(2,3)15-7-11-17(12-8-15)21-18-13-9-16(10-14-18)20(4,5)6;4-2(5,6)1-3(7,8)12(9,10)11/h7-14H,1-6H3;1H2,(H,9,10,11)/q+1;/p-1. The van der Waals surface area contributed by atoms with Crippen LogP contribution < -0.4 is 21.2 Å². The van der Waals surface area contributed by atoms with Crippen LogP contribution in [-0.2, 0) is 20.9 Å². The second-order valence-corrected chi connectivity index (χ2v) is 14.0. The highest BCUT2D eigenvalue weighted by molar-refractivity contribution is 7.86. The zero-order valence-corrected chi connectivity index (χ0v) is 22.2. The van der Waals surface area contributed by atoms with Crippen molar-refractivity contribution < 1.29 is 56.1 Å². The molecule has 10 heteroatoms. The summed E-state index contributed by atoms with van der Waals surface area (Å²) < 4.78 is 88.8. The normalized spacial score (nSPS) is 13.3. The lowest BCUT2D eigenvalue weighted by Gasteiger charge is -2.20. The van der Waals surface area contributed by atoms with Crippen molar-refractivity contribution in [1.82, 2.24) is 0 Å². The molecule has 0 heterocycles. The summed E-state index contributed by atoms with van der Waals surface area (Å²) in [6, 6.07) is 18.4. The molecule has 0 radical (unpaired) electrons. The molecule has 33 heavy (non-hydrogen) atoms. The third-order valence-corrected chi connectivity index (χ3v) is 7.97. The third kappa shape index (κ3) is 10.3. The van der Waals surface area contributed by atoms with Crippen molar-refractivity contribution in [2.24, 2.45) is 0 Å². The molecule has 186 valence electrons. The highest BCUT2D eigenvalue weighted by atomic mass is 127. The molecule has 3 nitrogen and oxygen atoms in total. The lowest BCUT2D eigenvalue weighted by atomic mass is 9.87. The Hall–Kier alpha value is -1.27. The van der Waals surface area contributed by atoms with E-state index in [1.54, 1.807) is 0 Å². The summed E-state index contributed by atoms with van der Waals surface area (Å²) in [5, 5.41) is -5.29. The van der Waals surface area contributed by atoms with Crippen LogP contribution in [0.4, 0.5) is 22.0 Å². The molecule has 0 saturated heterocycles. The summed E-state index contributed by atoms with van der Waals surface area (Å²) in [7, 11) is -6.24. The number of rotatable bonds is 4. The minimum Gasteiger partial charge on any atom is -0.743 e. The van der Waals surface area contributed by atoms with Crippen LogP contribution in [0.2, 0.25) is 0 Å². The Balaban J connectivity index is 0.000000389. The maximum Gasteiger partial charge on any atom is 0.395 e. The first-order chi connectivity index (χ1) is 14.6. The van der Waals surface area contributed by atoms with E-state index in [1.165, 1.54) is 18.3 Å². The molecular formula is C23H28F5IO3S. The van der Waals surface area contributed by atoms with Crippen molar-refractivity contribution >= 4 is 10.1 Å². The first-order valence-corrected chi connectivity index (χ1v) is 13.4. The quantitative estimate of drug-likeness (QED) is 0.305. The van der Waals surface area contributed by atoms with E-state index in [0.717, 1.165) is 0 Å². The maximum atomic E-state index is 11.8. The van der Waals surface area contributed by atoms with Crippen molar-refractivity contribution in [2.45, 2.75) is 70.2 Å². The van der Waals surface area contributed by atoms with Crippen LogP contribution in [0.3, 0.4) is 0 Å². The largest absolute Gasteiger partial charge is 0.743 e. The van der Waals surface area contributed by atoms with E-state index in [9.17, 15) is 34.9 Å². The first kappa shape index (κ1) is 29.8. The van der Waals surface area contributed by atoms with Gasteiger partial charge in [0.25, 0.3) is 0 Å². The van der Waals surface area contributed by atoms with Gasteiger partial charge >= 0.3 is 32.6 Å². The van der Waals surface area contributed by atoms with Gasteiger partial charge in [-0.2, -0.15) is 22.0 Å². The monoisotopic (exact) mass is 606 g/mol. The minimum atomic E-state index is -6.24. The predicted molar refractivity (Wildman–Crippen MR) is 113 cm³/mol. The van der Waals surface area contributed by atoms with Gasteiger partial charge in [-0.25, -0.2) is 8.42 Å². The van der Waals surface area contributed by atoms with Gasteiger partial charge < -0.3 is 4.55 Å². The van der Waals surface area contributed by atoms with Crippen molar-refractivity contribution in [1.29, 1.82) is 0 Å². The first-order valence-electron chi connectivity index (χ1n) is 9.88. The Morgan fingerprint density at radius 2 is 1.00 bits per heavy atom. The van der Waals surface area contributed by atoms with E-state index >= 15 is 0 Å². The molecule has 0 amide bonds. The maximum absolute atomic E-state index is 11.8. The number of hydrogen-bond donors (Lipinski definition) is 0. The molecule has 0 unspecified atom stereocenters. The molecule has 2 aromatic rings. The van der Waals surface area contributed by atoms with Crippen molar-refractivity contribution in [3.05, 3.63) is 66.8 Å². The van der Waals surface area contributed by atoms with Crippen LogP contribution in [0, 0.1) is 7.14 Å². The second kappa shape index (κ2) is 10.6. The van der Waals surface area contributed by atoms with E-state index in [0.29, 0.717) is 0 Å². The molecule has 0 atom stereocenters. The van der Waals surface area contributed by atoms with E-state index in [1.807, 2.05) is 0 Å². The van der Waals surface area contributed by atoms with Gasteiger partial charge in [0.1, 0.15) is 6.42 Å². The third-order valence-electron chi connectivity index (χ3n) is 4.41. The van der Waals surface area contributed by atoms with Crippen molar-refractivity contribution in [2.75, 3.05) is 0 Å². The summed E-state index contributed by atoms with van der Waals surface area (Å²) >= 11 is -0.0703.